The van der Waals surface area contributed by atoms with Gasteiger partial charge in [0, 0.05) is 18.9 Å². The van der Waals surface area contributed by atoms with Crippen LogP contribution < -0.4 is 15.8 Å². The number of primary amides is 1. The molecule has 3 N–H and O–H groups in total. The molecule has 0 bridgehead atoms. The van der Waals surface area contributed by atoms with E-state index < -0.39 is 35.6 Å². The zero-order valence-electron chi connectivity index (χ0n) is 14.7. The minimum Gasteiger partial charge on any atom is -0.427 e. The van der Waals surface area contributed by atoms with Crippen molar-refractivity contribution in [1.82, 2.24) is 5.32 Å². The Morgan fingerprint density at radius 3 is 2.29 bits per heavy atom. The van der Waals surface area contributed by atoms with Crippen molar-refractivity contribution < 1.29 is 32.3 Å². The van der Waals surface area contributed by atoms with Gasteiger partial charge in [-0.15, -0.1) is 0 Å². The van der Waals surface area contributed by atoms with E-state index in [1.54, 1.807) is 0 Å². The number of amides is 2. The summed E-state index contributed by atoms with van der Waals surface area (Å²) in [5, 5.41) is 2.40. The maximum atomic E-state index is 12.8. The van der Waals surface area contributed by atoms with Crippen molar-refractivity contribution in [2.24, 2.45) is 5.73 Å². The number of ether oxygens (including phenoxy) is 1. The predicted octanol–water partition coefficient (Wildman–Crippen LogP) is 2.46. The normalized spacial score (nSPS) is 12.1. The highest BCUT2D eigenvalue weighted by Crippen LogP contribution is 2.29. The second-order valence-corrected chi connectivity index (χ2v) is 5.95. The van der Waals surface area contributed by atoms with Crippen LogP contribution in [0.4, 0.5) is 13.2 Å². The van der Waals surface area contributed by atoms with Gasteiger partial charge in [0.25, 0.3) is 5.91 Å². The molecule has 0 aromatic heterocycles. The predicted molar refractivity (Wildman–Crippen MR) is 93.3 cm³/mol. The Bertz CT molecular complexity index is 879. The van der Waals surface area contributed by atoms with Crippen molar-refractivity contribution in [3.05, 3.63) is 65.2 Å². The van der Waals surface area contributed by atoms with Gasteiger partial charge in [-0.2, -0.15) is 13.2 Å². The number of hydrogen-bond acceptors (Lipinski definition) is 4. The number of carbonyl (C=O) groups excluding carboxylic acids is 3. The first-order valence-corrected chi connectivity index (χ1v) is 8.11. The number of esters is 1. The summed E-state index contributed by atoms with van der Waals surface area (Å²) in [4.78, 5) is 34.8. The van der Waals surface area contributed by atoms with Crippen molar-refractivity contribution in [1.29, 1.82) is 0 Å². The van der Waals surface area contributed by atoms with Gasteiger partial charge < -0.3 is 15.8 Å². The third-order valence-corrected chi connectivity index (χ3v) is 3.72. The minimum atomic E-state index is -4.52. The lowest BCUT2D eigenvalue weighted by Crippen LogP contribution is -2.45. The topological polar surface area (TPSA) is 98.5 Å². The third-order valence-electron chi connectivity index (χ3n) is 3.72. The first-order valence-electron chi connectivity index (χ1n) is 8.11. The van der Waals surface area contributed by atoms with E-state index >= 15 is 0 Å². The fourth-order valence-corrected chi connectivity index (χ4v) is 2.41. The molecule has 2 aromatic rings. The molecule has 0 fully saturated rings. The maximum absolute atomic E-state index is 12.8. The average molecular weight is 394 g/mol. The number of nitrogens with one attached hydrogen (secondary N) is 1. The summed E-state index contributed by atoms with van der Waals surface area (Å²) in [6.45, 7) is 1.23. The Labute approximate surface area is 158 Å². The third kappa shape index (κ3) is 5.83. The molecular weight excluding hydrogens is 377 g/mol. The number of alkyl halides is 3. The zero-order valence-corrected chi connectivity index (χ0v) is 14.7. The van der Waals surface area contributed by atoms with Crippen LogP contribution >= 0.6 is 0 Å². The SMILES string of the molecule is CC(=O)Oc1ccc(C(=O)N[C@H](Cc2cccc(C(F)(F)F)c2)C(N)=O)cc1. The number of rotatable bonds is 6. The van der Waals surface area contributed by atoms with Gasteiger partial charge >= 0.3 is 12.1 Å². The second-order valence-electron chi connectivity index (χ2n) is 5.95. The lowest BCUT2D eigenvalue weighted by atomic mass is 10.0. The van der Waals surface area contributed by atoms with Gasteiger partial charge in [-0.25, -0.2) is 0 Å². The van der Waals surface area contributed by atoms with E-state index in [9.17, 15) is 27.6 Å². The summed E-state index contributed by atoms with van der Waals surface area (Å²) in [6.07, 6.45) is -4.72. The minimum absolute atomic E-state index is 0.159. The smallest absolute Gasteiger partial charge is 0.416 e. The Morgan fingerprint density at radius 1 is 1.11 bits per heavy atom. The molecule has 0 spiro atoms. The van der Waals surface area contributed by atoms with Gasteiger partial charge in [-0.1, -0.05) is 18.2 Å². The molecule has 0 aliphatic carbocycles. The summed E-state index contributed by atoms with van der Waals surface area (Å²) in [7, 11) is 0. The molecule has 0 saturated heterocycles. The summed E-state index contributed by atoms with van der Waals surface area (Å²) in [5.41, 5.74) is 4.78. The maximum Gasteiger partial charge on any atom is 0.416 e. The highest BCUT2D eigenvalue weighted by Gasteiger charge is 2.30. The van der Waals surface area contributed by atoms with E-state index in [-0.39, 0.29) is 23.3 Å². The number of hydrogen-bond donors (Lipinski definition) is 2. The fourth-order valence-electron chi connectivity index (χ4n) is 2.41. The van der Waals surface area contributed by atoms with Gasteiger partial charge in [0.1, 0.15) is 11.8 Å². The number of benzene rings is 2. The Morgan fingerprint density at radius 2 is 1.75 bits per heavy atom. The average Bonchev–Trinajstić information content (AvgIpc) is 2.60. The summed E-state index contributed by atoms with van der Waals surface area (Å²) in [5.74, 6) is -1.82. The van der Waals surface area contributed by atoms with Gasteiger partial charge in [0.05, 0.1) is 5.56 Å². The van der Waals surface area contributed by atoms with Crippen molar-refractivity contribution in [3.8, 4) is 5.75 Å². The van der Waals surface area contributed by atoms with E-state index in [1.165, 1.54) is 43.3 Å². The van der Waals surface area contributed by atoms with Crippen molar-refractivity contribution in [2.75, 3.05) is 0 Å². The molecule has 0 radical (unpaired) electrons. The standard InChI is InChI=1S/C19H17F3N2O4/c1-11(25)28-15-7-5-13(6-8-15)18(27)24-16(17(23)26)10-12-3-2-4-14(9-12)19(20,21)22/h2-9,16H,10H2,1H3,(H2,23,26)(H,24,27)/t16-/m1/s1. The van der Waals surface area contributed by atoms with E-state index in [1.807, 2.05) is 0 Å². The second kappa shape index (κ2) is 8.55. The van der Waals surface area contributed by atoms with Crippen molar-refractivity contribution >= 4 is 17.8 Å². The molecular formula is C19H17F3N2O4. The van der Waals surface area contributed by atoms with Crippen LogP contribution in [0.25, 0.3) is 0 Å². The molecule has 0 heterocycles. The van der Waals surface area contributed by atoms with Gasteiger partial charge in [-0.3, -0.25) is 14.4 Å². The van der Waals surface area contributed by atoms with Gasteiger partial charge in [0.2, 0.25) is 5.91 Å². The lowest BCUT2D eigenvalue weighted by Gasteiger charge is -2.17. The molecule has 148 valence electrons. The molecule has 6 nitrogen and oxygen atoms in total. The van der Waals surface area contributed by atoms with Crippen LogP contribution in [0, 0.1) is 0 Å². The molecule has 1 atom stereocenters. The first kappa shape index (κ1) is 20.9. The van der Waals surface area contributed by atoms with E-state index in [0.717, 1.165) is 12.1 Å². The Balaban J connectivity index is 2.11. The Hall–Kier alpha value is -3.36. The highest BCUT2D eigenvalue weighted by atomic mass is 19.4. The fraction of sp³-hybridized carbons (Fsp3) is 0.211. The van der Waals surface area contributed by atoms with E-state index in [4.69, 9.17) is 10.5 Å². The lowest BCUT2D eigenvalue weighted by molar-refractivity contribution is -0.137. The number of halogens is 3. The summed E-state index contributed by atoms with van der Waals surface area (Å²) >= 11 is 0. The monoisotopic (exact) mass is 394 g/mol. The number of carbonyl (C=O) groups is 3. The van der Waals surface area contributed by atoms with Crippen LogP contribution in [-0.4, -0.2) is 23.8 Å². The quantitative estimate of drug-likeness (QED) is 0.581. The van der Waals surface area contributed by atoms with Crippen LogP contribution in [0.15, 0.2) is 48.5 Å². The zero-order chi connectivity index (χ0) is 20.9. The molecule has 2 rings (SSSR count). The molecule has 0 aliphatic rings. The van der Waals surface area contributed by atoms with Crippen molar-refractivity contribution in [3.63, 3.8) is 0 Å². The molecule has 0 unspecified atom stereocenters. The van der Waals surface area contributed by atoms with Crippen LogP contribution in [0.2, 0.25) is 0 Å². The molecule has 9 heteroatoms. The van der Waals surface area contributed by atoms with Crippen LogP contribution in [0.5, 0.6) is 5.75 Å². The largest absolute Gasteiger partial charge is 0.427 e. The first-order chi connectivity index (χ1) is 13.1. The van der Waals surface area contributed by atoms with Gasteiger partial charge in [0.15, 0.2) is 0 Å². The Kier molecular flexibility index (Phi) is 6.40. The van der Waals surface area contributed by atoms with Gasteiger partial charge in [-0.05, 0) is 35.9 Å². The number of nitrogens with two attached hydrogens (primary N) is 1. The van der Waals surface area contributed by atoms with Crippen LogP contribution in [0.1, 0.15) is 28.4 Å². The van der Waals surface area contributed by atoms with E-state index in [0.29, 0.717) is 0 Å². The molecule has 2 amide bonds. The summed E-state index contributed by atoms with van der Waals surface area (Å²) < 4.78 is 43.3. The molecule has 0 aliphatic heterocycles. The van der Waals surface area contributed by atoms with Crippen LogP contribution in [-0.2, 0) is 22.2 Å². The van der Waals surface area contributed by atoms with E-state index in [2.05, 4.69) is 5.32 Å². The van der Waals surface area contributed by atoms with Crippen LogP contribution in [0.3, 0.4) is 0 Å². The molecule has 28 heavy (non-hydrogen) atoms. The highest BCUT2D eigenvalue weighted by molar-refractivity contribution is 5.97. The molecule has 0 saturated carbocycles. The summed E-state index contributed by atoms with van der Waals surface area (Å²) in [6, 6.07) is 8.75. The molecule has 2 aromatic carbocycles. The van der Waals surface area contributed by atoms with Crippen molar-refractivity contribution in [2.45, 2.75) is 25.6 Å².